The molecule has 2 aromatic carbocycles. The first-order valence-corrected chi connectivity index (χ1v) is 12.8. The number of anilines is 2. The van der Waals surface area contributed by atoms with Gasteiger partial charge in [-0.15, -0.1) is 0 Å². The highest BCUT2D eigenvalue weighted by atomic mass is 32.2. The van der Waals surface area contributed by atoms with E-state index < -0.39 is 15.9 Å². The summed E-state index contributed by atoms with van der Waals surface area (Å²) in [6.45, 7) is 9.32. The molecule has 1 heterocycles. The van der Waals surface area contributed by atoms with Crippen molar-refractivity contribution in [3.05, 3.63) is 59.1 Å². The summed E-state index contributed by atoms with van der Waals surface area (Å²) >= 11 is 0. The summed E-state index contributed by atoms with van der Waals surface area (Å²) in [5.74, 6) is -0.454. The first kappa shape index (κ1) is 25.4. The Bertz CT molecular complexity index is 1330. The van der Waals surface area contributed by atoms with Crippen molar-refractivity contribution in [2.45, 2.75) is 39.1 Å². The average molecular weight is 486 g/mol. The van der Waals surface area contributed by atoms with Gasteiger partial charge in [0.1, 0.15) is 6.54 Å². The zero-order valence-corrected chi connectivity index (χ0v) is 20.8. The third-order valence-corrected chi connectivity index (χ3v) is 7.78. The first-order chi connectivity index (χ1) is 16.3. The monoisotopic (exact) mass is 485 g/mol. The molecule has 0 aliphatic heterocycles. The maximum absolute atomic E-state index is 13.1. The Hall–Kier alpha value is -3.24. The molecule has 1 N–H and O–H groups in total. The minimum Gasteiger partial charge on any atom is -0.370 e. The lowest BCUT2D eigenvalue weighted by Gasteiger charge is -2.26. The van der Waals surface area contributed by atoms with Crippen LogP contribution in [0.1, 0.15) is 27.7 Å². The average Bonchev–Trinajstić information content (AvgIpc) is 2.83. The molecular formula is C24H31N5O4S. The van der Waals surface area contributed by atoms with Crippen molar-refractivity contribution in [1.29, 1.82) is 0 Å². The summed E-state index contributed by atoms with van der Waals surface area (Å²) < 4.78 is 28.7. The number of hydrogen-bond acceptors (Lipinski definition) is 6. The van der Waals surface area contributed by atoms with Crippen molar-refractivity contribution < 1.29 is 13.2 Å². The predicted octanol–water partition coefficient (Wildman–Crippen LogP) is 2.91. The van der Waals surface area contributed by atoms with Gasteiger partial charge in [-0.1, -0.05) is 26.0 Å². The van der Waals surface area contributed by atoms with Gasteiger partial charge in [0.2, 0.25) is 15.9 Å². The van der Waals surface area contributed by atoms with Crippen LogP contribution in [0.15, 0.2) is 58.5 Å². The molecule has 0 aliphatic rings. The molecule has 0 saturated carbocycles. The number of nitrogens with one attached hydrogen (secondary N) is 1. The van der Waals surface area contributed by atoms with Crippen LogP contribution in [0.5, 0.6) is 0 Å². The zero-order chi connectivity index (χ0) is 24.9. The van der Waals surface area contributed by atoms with Gasteiger partial charge in [0.25, 0.3) is 5.56 Å². The molecule has 0 aliphatic carbocycles. The fraction of sp³-hybridized carbons (Fsp3) is 0.375. The lowest BCUT2D eigenvalue weighted by molar-refractivity contribution is -0.116. The fourth-order valence-corrected chi connectivity index (χ4v) is 5.38. The van der Waals surface area contributed by atoms with Crippen LogP contribution < -0.4 is 15.8 Å². The molecule has 1 aromatic heterocycles. The summed E-state index contributed by atoms with van der Waals surface area (Å²) in [6, 6.07) is 11.7. The molecule has 9 nitrogen and oxygen atoms in total. The lowest BCUT2D eigenvalue weighted by Crippen LogP contribution is -2.31. The number of sulfonamides is 1. The summed E-state index contributed by atoms with van der Waals surface area (Å²) in [4.78, 5) is 32.1. The topological polar surface area (TPSA) is 105 Å². The minimum absolute atomic E-state index is 0.104. The molecule has 0 unspecified atom stereocenters. The molecule has 10 heteroatoms. The molecule has 0 spiro atoms. The van der Waals surface area contributed by atoms with E-state index in [-0.39, 0.29) is 17.0 Å². The Labute approximate surface area is 200 Å². The second kappa shape index (κ2) is 10.8. The molecule has 0 atom stereocenters. The molecular weight excluding hydrogens is 454 g/mol. The van der Waals surface area contributed by atoms with Crippen molar-refractivity contribution in [3.8, 4) is 0 Å². The predicted molar refractivity (Wildman–Crippen MR) is 135 cm³/mol. The molecule has 0 saturated heterocycles. The highest BCUT2D eigenvalue weighted by Crippen LogP contribution is 2.30. The maximum Gasteiger partial charge on any atom is 0.261 e. The highest BCUT2D eigenvalue weighted by molar-refractivity contribution is 7.89. The normalized spacial score (nSPS) is 11.7. The van der Waals surface area contributed by atoms with E-state index in [4.69, 9.17) is 0 Å². The van der Waals surface area contributed by atoms with Crippen LogP contribution in [0.25, 0.3) is 10.9 Å². The fourth-order valence-electron chi connectivity index (χ4n) is 3.89. The number of hydrogen-bond donors (Lipinski definition) is 1. The Balaban J connectivity index is 1.97. The van der Waals surface area contributed by atoms with Crippen LogP contribution in [0.3, 0.4) is 0 Å². The van der Waals surface area contributed by atoms with Crippen molar-refractivity contribution in [2.75, 3.05) is 36.4 Å². The number of para-hydroxylation sites is 1. The Kier molecular flexibility index (Phi) is 8.06. The number of fused-ring (bicyclic) bond motifs is 1. The third kappa shape index (κ3) is 5.13. The van der Waals surface area contributed by atoms with Crippen LogP contribution >= 0.6 is 0 Å². The number of carbonyl (C=O) groups excluding carboxylic acids is 1. The summed E-state index contributed by atoms with van der Waals surface area (Å²) in [5.41, 5.74) is 1.33. The molecule has 0 fully saturated rings. The number of amides is 1. The summed E-state index contributed by atoms with van der Waals surface area (Å²) in [5, 5.41) is 3.24. The second-order valence-electron chi connectivity index (χ2n) is 7.68. The van der Waals surface area contributed by atoms with Crippen molar-refractivity contribution >= 4 is 38.2 Å². The van der Waals surface area contributed by atoms with E-state index in [1.165, 1.54) is 21.3 Å². The molecule has 0 radical (unpaired) electrons. The standard InChI is InChI=1S/C24H31N5O4S/c1-5-27(6-2)22-14-13-18(34(32,33)29(7-3)8-4)15-21(22)26-23(30)16-28-17-25-20-12-10-9-11-19(20)24(28)31/h9-15,17H,5-8,16H2,1-4H3,(H,26,30). The Morgan fingerprint density at radius 1 is 1.00 bits per heavy atom. The van der Waals surface area contributed by atoms with Crippen molar-refractivity contribution in [3.63, 3.8) is 0 Å². The summed E-state index contributed by atoms with van der Waals surface area (Å²) in [7, 11) is -3.71. The van der Waals surface area contributed by atoms with Crippen molar-refractivity contribution in [1.82, 2.24) is 13.9 Å². The number of nitrogens with zero attached hydrogens (tertiary/aromatic N) is 4. The van der Waals surface area contributed by atoms with Gasteiger partial charge in [-0.05, 0) is 44.2 Å². The summed E-state index contributed by atoms with van der Waals surface area (Å²) in [6.07, 6.45) is 1.34. The van der Waals surface area contributed by atoms with Gasteiger partial charge >= 0.3 is 0 Å². The first-order valence-electron chi connectivity index (χ1n) is 11.4. The van der Waals surface area contributed by atoms with Gasteiger partial charge in [-0.2, -0.15) is 4.31 Å². The molecule has 3 rings (SSSR count). The second-order valence-corrected chi connectivity index (χ2v) is 9.62. The van der Waals surface area contributed by atoms with Gasteiger partial charge in [-0.25, -0.2) is 13.4 Å². The van der Waals surface area contributed by atoms with E-state index in [1.54, 1.807) is 50.2 Å². The van der Waals surface area contributed by atoms with Gasteiger partial charge in [-0.3, -0.25) is 14.2 Å². The van der Waals surface area contributed by atoms with E-state index in [2.05, 4.69) is 10.3 Å². The zero-order valence-electron chi connectivity index (χ0n) is 20.0. The van der Waals surface area contributed by atoms with Gasteiger partial charge < -0.3 is 10.2 Å². The van der Waals surface area contributed by atoms with E-state index in [0.29, 0.717) is 48.5 Å². The van der Waals surface area contributed by atoms with Crippen LogP contribution in [0.2, 0.25) is 0 Å². The molecule has 1 amide bonds. The lowest BCUT2D eigenvalue weighted by atomic mass is 10.2. The van der Waals surface area contributed by atoms with Crippen LogP contribution in [0, 0.1) is 0 Å². The van der Waals surface area contributed by atoms with Crippen LogP contribution in [-0.4, -0.2) is 54.4 Å². The van der Waals surface area contributed by atoms with Gasteiger partial charge in [0, 0.05) is 26.2 Å². The minimum atomic E-state index is -3.71. The van der Waals surface area contributed by atoms with E-state index >= 15 is 0 Å². The maximum atomic E-state index is 13.1. The van der Waals surface area contributed by atoms with E-state index in [1.807, 2.05) is 18.7 Å². The van der Waals surface area contributed by atoms with E-state index in [9.17, 15) is 18.0 Å². The molecule has 3 aromatic rings. The Morgan fingerprint density at radius 3 is 2.32 bits per heavy atom. The van der Waals surface area contributed by atoms with Gasteiger partial charge in [0.15, 0.2) is 0 Å². The Morgan fingerprint density at radius 2 is 1.68 bits per heavy atom. The molecule has 182 valence electrons. The number of aromatic nitrogens is 2. The van der Waals surface area contributed by atoms with Crippen LogP contribution in [0.4, 0.5) is 11.4 Å². The van der Waals surface area contributed by atoms with Gasteiger partial charge in [0.05, 0.1) is 33.5 Å². The molecule has 34 heavy (non-hydrogen) atoms. The largest absolute Gasteiger partial charge is 0.370 e. The smallest absolute Gasteiger partial charge is 0.261 e. The quantitative estimate of drug-likeness (QED) is 0.474. The van der Waals surface area contributed by atoms with Crippen LogP contribution in [-0.2, 0) is 21.4 Å². The number of rotatable bonds is 10. The highest BCUT2D eigenvalue weighted by Gasteiger charge is 2.24. The third-order valence-electron chi connectivity index (χ3n) is 5.73. The number of benzene rings is 2. The van der Waals surface area contributed by atoms with Crippen molar-refractivity contribution in [2.24, 2.45) is 0 Å². The van der Waals surface area contributed by atoms with E-state index in [0.717, 1.165) is 0 Å². The number of carbonyl (C=O) groups is 1. The molecule has 0 bridgehead atoms. The SMILES string of the molecule is CCN(CC)c1ccc(S(=O)(=O)N(CC)CC)cc1NC(=O)Cn1cnc2ccccc2c1=O.